The van der Waals surface area contributed by atoms with Gasteiger partial charge in [0.15, 0.2) is 0 Å². The molecule has 0 saturated heterocycles. The lowest BCUT2D eigenvalue weighted by atomic mass is 9.67. The molecule has 0 aromatic carbocycles. The normalized spacial score (nSPS) is 27.9. The maximum Gasteiger partial charge on any atom is 0.397 e. The summed E-state index contributed by atoms with van der Waals surface area (Å²) in [6.45, 7) is 8.87. The highest BCUT2D eigenvalue weighted by Crippen LogP contribution is 2.42. The fourth-order valence-electron chi connectivity index (χ4n) is 2.52. The molecular formula is C14H25NO3. The molecule has 1 aliphatic carbocycles. The van der Waals surface area contributed by atoms with Crippen molar-refractivity contribution in [3.05, 3.63) is 0 Å². The molecule has 0 bridgehead atoms. The van der Waals surface area contributed by atoms with Crippen molar-refractivity contribution in [3.8, 4) is 0 Å². The monoisotopic (exact) mass is 255 g/mol. The fraction of sp³-hybridized carbons (Fsp3) is 0.857. The molecule has 0 radical (unpaired) electrons. The second kappa shape index (κ2) is 6.21. The van der Waals surface area contributed by atoms with Crippen LogP contribution in [0.5, 0.6) is 0 Å². The summed E-state index contributed by atoms with van der Waals surface area (Å²) in [6.07, 6.45) is 3.84. The number of carbonyl (C=O) groups is 2. The first-order valence-corrected chi connectivity index (χ1v) is 6.88. The Hall–Kier alpha value is -1.06. The van der Waals surface area contributed by atoms with Gasteiger partial charge in [-0.15, -0.1) is 0 Å². The summed E-state index contributed by atoms with van der Waals surface area (Å²) in [5.41, 5.74) is 0.213. The van der Waals surface area contributed by atoms with Crippen molar-refractivity contribution >= 4 is 11.9 Å². The van der Waals surface area contributed by atoms with Gasteiger partial charge in [0.05, 0.1) is 0 Å². The summed E-state index contributed by atoms with van der Waals surface area (Å²) in [6, 6.07) is 0. The van der Waals surface area contributed by atoms with Crippen LogP contribution >= 0.6 is 0 Å². The van der Waals surface area contributed by atoms with Crippen LogP contribution < -0.4 is 5.32 Å². The number of likely N-dealkylation sites (N-methyl/N-ethyl adjacent to an activating group) is 1. The molecular weight excluding hydrogens is 230 g/mol. The average molecular weight is 255 g/mol. The van der Waals surface area contributed by atoms with Crippen LogP contribution in [0, 0.1) is 11.3 Å². The van der Waals surface area contributed by atoms with E-state index in [1.807, 2.05) is 0 Å². The number of hydrogen-bond donors (Lipinski definition) is 1. The van der Waals surface area contributed by atoms with Gasteiger partial charge in [-0.2, -0.15) is 0 Å². The van der Waals surface area contributed by atoms with Gasteiger partial charge in [0.25, 0.3) is 0 Å². The minimum Gasteiger partial charge on any atom is -0.455 e. The van der Waals surface area contributed by atoms with Crippen LogP contribution in [0.3, 0.4) is 0 Å². The Morgan fingerprint density at radius 2 is 2.11 bits per heavy atom. The van der Waals surface area contributed by atoms with E-state index in [2.05, 4.69) is 26.1 Å². The predicted molar refractivity (Wildman–Crippen MR) is 70.0 cm³/mol. The topological polar surface area (TPSA) is 55.4 Å². The van der Waals surface area contributed by atoms with Gasteiger partial charge in [0.2, 0.25) is 0 Å². The molecule has 104 valence electrons. The SMILES string of the molecule is CCNC(=O)C(=O)OC1CCCC(C)(C(C)C)C1. The van der Waals surface area contributed by atoms with E-state index in [0.29, 0.717) is 12.5 Å². The summed E-state index contributed by atoms with van der Waals surface area (Å²) in [5.74, 6) is -0.812. The van der Waals surface area contributed by atoms with Crippen molar-refractivity contribution in [3.63, 3.8) is 0 Å². The van der Waals surface area contributed by atoms with E-state index >= 15 is 0 Å². The average Bonchev–Trinajstić information content (AvgIpc) is 2.29. The second-order valence-corrected chi connectivity index (χ2v) is 5.79. The number of rotatable bonds is 3. The first-order chi connectivity index (χ1) is 8.39. The Morgan fingerprint density at radius 1 is 1.44 bits per heavy atom. The Bertz CT molecular complexity index is 314. The fourth-order valence-corrected chi connectivity index (χ4v) is 2.52. The molecule has 0 aromatic heterocycles. The molecule has 1 amide bonds. The lowest BCUT2D eigenvalue weighted by molar-refractivity contribution is -0.162. The van der Waals surface area contributed by atoms with Crippen LogP contribution in [-0.2, 0) is 14.3 Å². The van der Waals surface area contributed by atoms with Crippen LogP contribution in [0.15, 0.2) is 0 Å². The van der Waals surface area contributed by atoms with E-state index < -0.39 is 11.9 Å². The molecule has 1 saturated carbocycles. The van der Waals surface area contributed by atoms with Gasteiger partial charge in [0, 0.05) is 6.54 Å². The summed E-state index contributed by atoms with van der Waals surface area (Å²) < 4.78 is 5.30. The minimum absolute atomic E-state index is 0.110. The van der Waals surface area contributed by atoms with Gasteiger partial charge in [-0.1, -0.05) is 20.8 Å². The molecule has 1 aliphatic rings. The number of ether oxygens (including phenoxy) is 1. The Balaban J connectivity index is 2.53. The van der Waals surface area contributed by atoms with E-state index in [1.165, 1.54) is 6.42 Å². The quantitative estimate of drug-likeness (QED) is 0.621. The van der Waals surface area contributed by atoms with Crippen LogP contribution in [0.25, 0.3) is 0 Å². The molecule has 2 unspecified atom stereocenters. The minimum atomic E-state index is -0.741. The Morgan fingerprint density at radius 3 is 2.67 bits per heavy atom. The third-order valence-electron chi connectivity index (χ3n) is 4.16. The highest BCUT2D eigenvalue weighted by molar-refractivity contribution is 6.32. The summed E-state index contributed by atoms with van der Waals surface area (Å²) in [5, 5.41) is 2.46. The van der Waals surface area contributed by atoms with E-state index in [0.717, 1.165) is 19.3 Å². The number of hydrogen-bond acceptors (Lipinski definition) is 3. The number of esters is 1. The third kappa shape index (κ3) is 3.72. The van der Waals surface area contributed by atoms with Gasteiger partial charge in [0.1, 0.15) is 6.10 Å². The Kier molecular flexibility index (Phi) is 5.17. The largest absolute Gasteiger partial charge is 0.455 e. The molecule has 18 heavy (non-hydrogen) atoms. The maximum absolute atomic E-state index is 11.5. The van der Waals surface area contributed by atoms with Gasteiger partial charge in [-0.05, 0) is 43.9 Å². The second-order valence-electron chi connectivity index (χ2n) is 5.79. The van der Waals surface area contributed by atoms with Gasteiger partial charge < -0.3 is 10.1 Å². The molecule has 1 fully saturated rings. The zero-order valence-electron chi connectivity index (χ0n) is 11.9. The molecule has 4 heteroatoms. The van der Waals surface area contributed by atoms with Crippen LogP contribution in [-0.4, -0.2) is 24.5 Å². The predicted octanol–water partition coefficient (Wildman–Crippen LogP) is 2.27. The van der Waals surface area contributed by atoms with Crippen molar-refractivity contribution in [2.75, 3.05) is 6.54 Å². The highest BCUT2D eigenvalue weighted by atomic mass is 16.5. The van der Waals surface area contributed by atoms with E-state index in [9.17, 15) is 9.59 Å². The summed E-state index contributed by atoms with van der Waals surface area (Å²) in [7, 11) is 0. The Labute approximate surface area is 109 Å². The summed E-state index contributed by atoms with van der Waals surface area (Å²) >= 11 is 0. The van der Waals surface area contributed by atoms with E-state index in [4.69, 9.17) is 4.74 Å². The molecule has 0 aliphatic heterocycles. The summed E-state index contributed by atoms with van der Waals surface area (Å²) in [4.78, 5) is 22.9. The van der Waals surface area contributed by atoms with Crippen molar-refractivity contribution in [2.45, 2.75) is 59.5 Å². The highest BCUT2D eigenvalue weighted by Gasteiger charge is 2.36. The molecule has 1 rings (SSSR count). The van der Waals surface area contributed by atoms with Crippen molar-refractivity contribution < 1.29 is 14.3 Å². The molecule has 1 N–H and O–H groups in total. The number of nitrogens with one attached hydrogen (secondary N) is 1. The lowest BCUT2D eigenvalue weighted by Gasteiger charge is -2.40. The zero-order chi connectivity index (χ0) is 13.8. The first kappa shape index (κ1) is 15.0. The van der Waals surface area contributed by atoms with E-state index in [-0.39, 0.29) is 11.5 Å². The molecule has 0 aromatic rings. The molecule has 0 heterocycles. The van der Waals surface area contributed by atoms with Crippen molar-refractivity contribution in [2.24, 2.45) is 11.3 Å². The van der Waals surface area contributed by atoms with Crippen LogP contribution in [0.2, 0.25) is 0 Å². The molecule has 4 nitrogen and oxygen atoms in total. The van der Waals surface area contributed by atoms with E-state index in [1.54, 1.807) is 6.92 Å². The van der Waals surface area contributed by atoms with Crippen molar-refractivity contribution in [1.82, 2.24) is 5.32 Å². The van der Waals surface area contributed by atoms with Crippen LogP contribution in [0.1, 0.15) is 53.4 Å². The van der Waals surface area contributed by atoms with Gasteiger partial charge >= 0.3 is 11.9 Å². The lowest BCUT2D eigenvalue weighted by Crippen LogP contribution is -2.39. The van der Waals surface area contributed by atoms with Crippen molar-refractivity contribution in [1.29, 1.82) is 0 Å². The maximum atomic E-state index is 11.5. The number of amides is 1. The third-order valence-corrected chi connectivity index (χ3v) is 4.16. The zero-order valence-corrected chi connectivity index (χ0v) is 11.9. The number of carbonyl (C=O) groups excluding carboxylic acids is 2. The van der Waals surface area contributed by atoms with Gasteiger partial charge in [-0.25, -0.2) is 4.79 Å². The van der Waals surface area contributed by atoms with Gasteiger partial charge in [-0.3, -0.25) is 4.79 Å². The molecule has 2 atom stereocenters. The molecule has 0 spiro atoms. The standard InChI is InChI=1S/C14H25NO3/c1-5-15-12(16)13(17)18-11-7-6-8-14(4,9-11)10(2)3/h10-11H,5-9H2,1-4H3,(H,15,16). The van der Waals surface area contributed by atoms with Crippen LogP contribution in [0.4, 0.5) is 0 Å². The first-order valence-electron chi connectivity index (χ1n) is 6.88. The smallest absolute Gasteiger partial charge is 0.397 e.